The van der Waals surface area contributed by atoms with E-state index in [4.69, 9.17) is 0 Å². The van der Waals surface area contributed by atoms with Gasteiger partial charge in [0.1, 0.15) is 5.82 Å². The standard InChI is InChI=1S/C15H13BrFN/c16-14-9-8-13(11-15(14)17)18-10-4-7-12-5-2-1-3-6-12/h1-9,11,18H,10H2. The Morgan fingerprint density at radius 1 is 1.11 bits per heavy atom. The van der Waals surface area contributed by atoms with Gasteiger partial charge >= 0.3 is 0 Å². The van der Waals surface area contributed by atoms with Gasteiger partial charge in [-0.05, 0) is 39.7 Å². The van der Waals surface area contributed by atoms with Gasteiger partial charge in [-0.15, -0.1) is 0 Å². The van der Waals surface area contributed by atoms with Crippen LogP contribution in [0, 0.1) is 5.82 Å². The molecular formula is C15H13BrFN. The monoisotopic (exact) mass is 305 g/mol. The molecule has 2 rings (SSSR count). The summed E-state index contributed by atoms with van der Waals surface area (Å²) in [5, 5.41) is 3.14. The van der Waals surface area contributed by atoms with E-state index in [0.29, 0.717) is 11.0 Å². The van der Waals surface area contributed by atoms with Crippen LogP contribution in [0.1, 0.15) is 5.56 Å². The summed E-state index contributed by atoms with van der Waals surface area (Å²) < 4.78 is 13.7. The molecule has 0 amide bonds. The molecule has 0 spiro atoms. The van der Waals surface area contributed by atoms with E-state index in [2.05, 4.69) is 21.2 Å². The third-order valence-corrected chi connectivity index (χ3v) is 3.10. The Morgan fingerprint density at radius 2 is 1.89 bits per heavy atom. The molecule has 0 aliphatic carbocycles. The number of hydrogen-bond acceptors (Lipinski definition) is 1. The maximum Gasteiger partial charge on any atom is 0.139 e. The lowest BCUT2D eigenvalue weighted by molar-refractivity contribution is 0.621. The summed E-state index contributed by atoms with van der Waals surface area (Å²) in [5.41, 5.74) is 1.93. The van der Waals surface area contributed by atoms with Crippen molar-refractivity contribution in [3.05, 3.63) is 70.5 Å². The lowest BCUT2D eigenvalue weighted by atomic mass is 10.2. The van der Waals surface area contributed by atoms with E-state index in [0.717, 1.165) is 11.3 Å². The van der Waals surface area contributed by atoms with Crippen LogP contribution in [0.15, 0.2) is 59.1 Å². The fraction of sp³-hybridized carbons (Fsp3) is 0.0667. The summed E-state index contributed by atoms with van der Waals surface area (Å²) in [6, 6.07) is 15.1. The van der Waals surface area contributed by atoms with Gasteiger partial charge in [-0.25, -0.2) is 4.39 Å². The normalized spacial score (nSPS) is 10.8. The first kappa shape index (κ1) is 12.8. The molecule has 18 heavy (non-hydrogen) atoms. The highest BCUT2D eigenvalue weighted by Crippen LogP contribution is 2.19. The molecule has 0 aliphatic rings. The van der Waals surface area contributed by atoms with E-state index < -0.39 is 0 Å². The smallest absolute Gasteiger partial charge is 0.139 e. The van der Waals surface area contributed by atoms with Crippen molar-refractivity contribution in [3.8, 4) is 0 Å². The van der Waals surface area contributed by atoms with Crippen LogP contribution < -0.4 is 5.32 Å². The van der Waals surface area contributed by atoms with Gasteiger partial charge in [-0.2, -0.15) is 0 Å². The Morgan fingerprint density at radius 3 is 2.61 bits per heavy atom. The van der Waals surface area contributed by atoms with Gasteiger partial charge in [-0.1, -0.05) is 42.5 Å². The number of rotatable bonds is 4. The van der Waals surface area contributed by atoms with Crippen LogP contribution in [-0.2, 0) is 0 Å². The zero-order chi connectivity index (χ0) is 12.8. The second-order valence-electron chi connectivity index (χ2n) is 3.82. The molecule has 3 heteroatoms. The largest absolute Gasteiger partial charge is 0.381 e. The summed E-state index contributed by atoms with van der Waals surface area (Å²) in [5.74, 6) is -0.257. The molecule has 2 aromatic rings. The molecule has 0 aromatic heterocycles. The molecule has 1 N–H and O–H groups in total. The lowest BCUT2D eigenvalue weighted by Crippen LogP contribution is -1.98. The molecule has 0 fully saturated rings. The summed E-state index contributed by atoms with van der Waals surface area (Å²) in [4.78, 5) is 0. The van der Waals surface area contributed by atoms with E-state index in [1.54, 1.807) is 6.07 Å². The van der Waals surface area contributed by atoms with Crippen molar-refractivity contribution in [2.45, 2.75) is 0 Å². The minimum atomic E-state index is -0.257. The molecule has 92 valence electrons. The Balaban J connectivity index is 1.89. The van der Waals surface area contributed by atoms with Gasteiger partial charge in [0, 0.05) is 12.2 Å². The average molecular weight is 306 g/mol. The van der Waals surface area contributed by atoms with E-state index >= 15 is 0 Å². The molecule has 0 saturated heterocycles. The molecule has 0 bridgehead atoms. The first-order chi connectivity index (χ1) is 8.75. The fourth-order valence-electron chi connectivity index (χ4n) is 1.54. The van der Waals surface area contributed by atoms with Crippen LogP contribution in [0.4, 0.5) is 10.1 Å². The minimum Gasteiger partial charge on any atom is -0.381 e. The van der Waals surface area contributed by atoms with Gasteiger partial charge in [0.25, 0.3) is 0 Å². The van der Waals surface area contributed by atoms with Gasteiger partial charge in [-0.3, -0.25) is 0 Å². The van der Waals surface area contributed by atoms with Crippen molar-refractivity contribution in [2.24, 2.45) is 0 Å². The Hall–Kier alpha value is -1.61. The maximum absolute atomic E-state index is 13.2. The second-order valence-corrected chi connectivity index (χ2v) is 4.68. The maximum atomic E-state index is 13.2. The van der Waals surface area contributed by atoms with Crippen LogP contribution >= 0.6 is 15.9 Å². The summed E-state index contributed by atoms with van der Waals surface area (Å²) in [6.07, 6.45) is 4.04. The SMILES string of the molecule is Fc1cc(NCC=Cc2ccccc2)ccc1Br. The first-order valence-corrected chi connectivity index (χ1v) is 6.45. The quantitative estimate of drug-likeness (QED) is 0.862. The van der Waals surface area contributed by atoms with Gasteiger partial charge in [0.15, 0.2) is 0 Å². The first-order valence-electron chi connectivity index (χ1n) is 5.66. The second kappa shape index (κ2) is 6.36. The zero-order valence-corrected chi connectivity index (χ0v) is 11.3. The number of hydrogen-bond donors (Lipinski definition) is 1. The summed E-state index contributed by atoms with van der Waals surface area (Å²) in [6.45, 7) is 0.663. The highest BCUT2D eigenvalue weighted by atomic mass is 79.9. The fourth-order valence-corrected chi connectivity index (χ4v) is 1.79. The van der Waals surface area contributed by atoms with Crippen molar-refractivity contribution in [1.29, 1.82) is 0 Å². The third kappa shape index (κ3) is 3.70. The number of anilines is 1. The molecule has 2 aromatic carbocycles. The number of benzene rings is 2. The van der Waals surface area contributed by atoms with Crippen molar-refractivity contribution in [1.82, 2.24) is 0 Å². The summed E-state index contributed by atoms with van der Waals surface area (Å²) >= 11 is 3.13. The van der Waals surface area contributed by atoms with Crippen molar-refractivity contribution in [3.63, 3.8) is 0 Å². The molecule has 0 radical (unpaired) electrons. The molecule has 0 saturated carbocycles. The van der Waals surface area contributed by atoms with E-state index in [1.807, 2.05) is 48.6 Å². The van der Waals surface area contributed by atoms with Gasteiger partial charge in [0.2, 0.25) is 0 Å². The Labute approximate surface area is 114 Å². The van der Waals surface area contributed by atoms with Crippen LogP contribution in [-0.4, -0.2) is 6.54 Å². The predicted octanol–water partition coefficient (Wildman–Crippen LogP) is 4.71. The molecule has 1 nitrogen and oxygen atoms in total. The Kier molecular flexibility index (Phi) is 4.53. The van der Waals surface area contributed by atoms with Crippen LogP contribution in [0.3, 0.4) is 0 Å². The molecule has 0 atom stereocenters. The zero-order valence-electron chi connectivity index (χ0n) is 9.74. The molecule has 0 unspecified atom stereocenters. The third-order valence-electron chi connectivity index (χ3n) is 2.45. The van der Waals surface area contributed by atoms with Gasteiger partial charge in [0.05, 0.1) is 4.47 Å². The van der Waals surface area contributed by atoms with Crippen LogP contribution in [0.5, 0.6) is 0 Å². The van der Waals surface area contributed by atoms with Crippen molar-refractivity contribution >= 4 is 27.7 Å². The predicted molar refractivity (Wildman–Crippen MR) is 78.1 cm³/mol. The summed E-state index contributed by atoms with van der Waals surface area (Å²) in [7, 11) is 0. The number of nitrogens with one attached hydrogen (secondary N) is 1. The highest BCUT2D eigenvalue weighted by Gasteiger charge is 1.98. The van der Waals surface area contributed by atoms with Gasteiger partial charge < -0.3 is 5.32 Å². The Bertz CT molecular complexity index is 537. The van der Waals surface area contributed by atoms with Crippen molar-refractivity contribution < 1.29 is 4.39 Å². The lowest BCUT2D eigenvalue weighted by Gasteiger charge is -2.04. The van der Waals surface area contributed by atoms with Crippen molar-refractivity contribution in [2.75, 3.05) is 11.9 Å². The minimum absolute atomic E-state index is 0.257. The molecule has 0 heterocycles. The van der Waals surface area contributed by atoms with Crippen LogP contribution in [0.2, 0.25) is 0 Å². The molecule has 0 aliphatic heterocycles. The van der Waals surface area contributed by atoms with E-state index in [1.165, 1.54) is 6.07 Å². The molecular weight excluding hydrogens is 293 g/mol. The highest BCUT2D eigenvalue weighted by molar-refractivity contribution is 9.10. The average Bonchev–Trinajstić information content (AvgIpc) is 2.40. The van der Waals surface area contributed by atoms with E-state index in [-0.39, 0.29) is 5.82 Å². The van der Waals surface area contributed by atoms with Crippen LogP contribution in [0.25, 0.3) is 6.08 Å². The number of halogens is 2. The topological polar surface area (TPSA) is 12.0 Å². The van der Waals surface area contributed by atoms with E-state index in [9.17, 15) is 4.39 Å².